The smallest absolute Gasteiger partial charge is 0.338 e. The van der Waals surface area contributed by atoms with Crippen molar-refractivity contribution in [2.45, 2.75) is 19.9 Å². The fourth-order valence-electron chi connectivity index (χ4n) is 2.62. The molecule has 0 fully saturated rings. The van der Waals surface area contributed by atoms with Crippen LogP contribution in [0.25, 0.3) is 0 Å². The number of esters is 1. The Hall–Kier alpha value is -2.29. The Morgan fingerprint density at radius 2 is 1.86 bits per heavy atom. The molecule has 0 heterocycles. The minimum atomic E-state index is -3.79. The van der Waals surface area contributed by atoms with Gasteiger partial charge in [0.05, 0.1) is 34.8 Å². The van der Waals surface area contributed by atoms with Crippen LogP contribution in [0.4, 0.5) is 11.4 Å². The summed E-state index contributed by atoms with van der Waals surface area (Å²) < 4.78 is 30.5. The summed E-state index contributed by atoms with van der Waals surface area (Å²) >= 11 is 12.1. The number of hydrogen-bond donors (Lipinski definition) is 1. The minimum Gasteiger partial charge on any atom is -0.462 e. The van der Waals surface area contributed by atoms with E-state index in [9.17, 15) is 18.0 Å². The Morgan fingerprint density at radius 1 is 1.17 bits per heavy atom. The van der Waals surface area contributed by atoms with E-state index in [1.165, 1.54) is 37.3 Å². The lowest BCUT2D eigenvalue weighted by atomic mass is 10.2. The van der Waals surface area contributed by atoms with Gasteiger partial charge >= 0.3 is 5.97 Å². The van der Waals surface area contributed by atoms with Gasteiger partial charge in [-0.2, -0.15) is 0 Å². The van der Waals surface area contributed by atoms with Crippen LogP contribution in [0.1, 0.15) is 24.2 Å². The van der Waals surface area contributed by atoms with E-state index in [-0.39, 0.29) is 28.6 Å². The average Bonchev–Trinajstić information content (AvgIpc) is 2.62. The van der Waals surface area contributed by atoms with Crippen molar-refractivity contribution in [1.82, 2.24) is 0 Å². The van der Waals surface area contributed by atoms with Gasteiger partial charge in [-0.05, 0) is 50.2 Å². The van der Waals surface area contributed by atoms with Crippen LogP contribution in [0, 0.1) is 0 Å². The van der Waals surface area contributed by atoms with Crippen LogP contribution in [0.15, 0.2) is 42.5 Å². The number of ether oxygens (including phenoxy) is 1. The highest BCUT2D eigenvalue weighted by Crippen LogP contribution is 2.27. The predicted octanol–water partition coefficient (Wildman–Crippen LogP) is 3.96. The Labute approximate surface area is 179 Å². The molecule has 7 nitrogen and oxygen atoms in total. The highest BCUT2D eigenvalue weighted by atomic mass is 35.5. The number of benzene rings is 2. The van der Waals surface area contributed by atoms with Gasteiger partial charge < -0.3 is 10.1 Å². The lowest BCUT2D eigenvalue weighted by Gasteiger charge is -2.28. The first-order chi connectivity index (χ1) is 13.5. The summed E-state index contributed by atoms with van der Waals surface area (Å²) in [5.41, 5.74) is 0.724. The molecule has 10 heteroatoms. The maximum Gasteiger partial charge on any atom is 0.338 e. The molecule has 0 saturated carbocycles. The summed E-state index contributed by atoms with van der Waals surface area (Å²) in [5, 5.41) is 3.03. The fraction of sp³-hybridized carbons (Fsp3) is 0.263. The molecule has 0 unspecified atom stereocenters. The van der Waals surface area contributed by atoms with Gasteiger partial charge in [0.1, 0.15) is 6.04 Å². The second kappa shape index (κ2) is 9.47. The molecule has 2 aromatic carbocycles. The molecule has 29 heavy (non-hydrogen) atoms. The molecule has 1 amide bonds. The molecule has 0 aliphatic carbocycles. The highest BCUT2D eigenvalue weighted by molar-refractivity contribution is 7.92. The zero-order chi connectivity index (χ0) is 21.8. The van der Waals surface area contributed by atoms with E-state index >= 15 is 0 Å². The summed E-state index contributed by atoms with van der Waals surface area (Å²) in [6.07, 6.45) is 0.999. The van der Waals surface area contributed by atoms with Crippen molar-refractivity contribution in [3.63, 3.8) is 0 Å². The number of carbonyl (C=O) groups excluding carboxylic acids is 2. The average molecular weight is 459 g/mol. The van der Waals surface area contributed by atoms with Gasteiger partial charge in [-0.3, -0.25) is 9.10 Å². The lowest BCUT2D eigenvalue weighted by Crippen LogP contribution is -2.45. The molecule has 1 atom stereocenters. The minimum absolute atomic E-state index is 0.116. The van der Waals surface area contributed by atoms with E-state index in [0.29, 0.717) is 5.02 Å². The van der Waals surface area contributed by atoms with Crippen molar-refractivity contribution in [3.8, 4) is 0 Å². The van der Waals surface area contributed by atoms with E-state index in [1.54, 1.807) is 19.1 Å². The Kier molecular flexibility index (Phi) is 7.51. The van der Waals surface area contributed by atoms with Crippen LogP contribution in [0.2, 0.25) is 10.0 Å². The van der Waals surface area contributed by atoms with E-state index < -0.39 is 27.9 Å². The lowest BCUT2D eigenvalue weighted by molar-refractivity contribution is -0.116. The van der Waals surface area contributed by atoms with Gasteiger partial charge in [0.25, 0.3) is 0 Å². The van der Waals surface area contributed by atoms with E-state index in [4.69, 9.17) is 27.9 Å². The maximum atomic E-state index is 12.7. The number of carbonyl (C=O) groups is 2. The summed E-state index contributed by atoms with van der Waals surface area (Å²) in [6.45, 7) is 3.35. The Bertz CT molecular complexity index is 1030. The summed E-state index contributed by atoms with van der Waals surface area (Å²) in [5.74, 6) is -1.15. The van der Waals surface area contributed by atoms with E-state index in [2.05, 4.69) is 5.32 Å². The zero-order valence-corrected chi connectivity index (χ0v) is 18.3. The van der Waals surface area contributed by atoms with Gasteiger partial charge in [0.2, 0.25) is 15.9 Å². The molecule has 156 valence electrons. The van der Waals surface area contributed by atoms with Crippen molar-refractivity contribution >= 4 is 56.5 Å². The van der Waals surface area contributed by atoms with Crippen LogP contribution in [0.5, 0.6) is 0 Å². The van der Waals surface area contributed by atoms with Crippen LogP contribution in [-0.2, 0) is 19.6 Å². The molecule has 0 aliphatic heterocycles. The maximum absolute atomic E-state index is 12.7. The molecule has 0 saturated heterocycles. The van der Waals surface area contributed by atoms with Crippen LogP contribution in [-0.4, -0.2) is 39.2 Å². The second-order valence-electron chi connectivity index (χ2n) is 6.12. The Balaban J connectivity index is 2.27. The normalized spacial score (nSPS) is 12.2. The van der Waals surface area contributed by atoms with Gasteiger partial charge in [-0.15, -0.1) is 0 Å². The third-order valence-electron chi connectivity index (χ3n) is 3.89. The molecule has 1 N–H and O–H groups in total. The topological polar surface area (TPSA) is 92.8 Å². The first-order valence-corrected chi connectivity index (χ1v) is 11.2. The van der Waals surface area contributed by atoms with Gasteiger partial charge in [-0.25, -0.2) is 13.2 Å². The number of nitrogens with one attached hydrogen (secondary N) is 1. The van der Waals surface area contributed by atoms with Crippen molar-refractivity contribution < 1.29 is 22.7 Å². The van der Waals surface area contributed by atoms with Gasteiger partial charge in [-0.1, -0.05) is 29.3 Å². The Morgan fingerprint density at radius 3 is 2.41 bits per heavy atom. The summed E-state index contributed by atoms with van der Waals surface area (Å²) in [4.78, 5) is 24.5. The van der Waals surface area contributed by atoms with Crippen LogP contribution >= 0.6 is 23.2 Å². The van der Waals surface area contributed by atoms with Crippen molar-refractivity contribution in [2.75, 3.05) is 22.5 Å². The fourth-order valence-corrected chi connectivity index (χ4v) is 4.20. The largest absolute Gasteiger partial charge is 0.462 e. The molecule has 0 aromatic heterocycles. The standard InChI is InChI=1S/C19H20Cl2N2O5S/c1-4-28-19(25)13-8-9-17(16(21)10-13)22-18(24)12(2)23(29(3,26)27)15-7-5-6-14(20)11-15/h5-12H,4H2,1-3H3,(H,22,24)/t12-/m1/s1. The number of rotatable bonds is 7. The SMILES string of the molecule is CCOC(=O)c1ccc(NC(=O)[C@@H](C)N(c2cccc(Cl)c2)S(C)(=O)=O)c(Cl)c1. The van der Waals surface area contributed by atoms with E-state index in [0.717, 1.165) is 10.6 Å². The number of hydrogen-bond acceptors (Lipinski definition) is 5. The highest BCUT2D eigenvalue weighted by Gasteiger charge is 2.29. The number of amides is 1. The first kappa shape index (κ1) is 23.0. The van der Waals surface area contributed by atoms with Crippen molar-refractivity contribution in [3.05, 3.63) is 58.1 Å². The predicted molar refractivity (Wildman–Crippen MR) is 114 cm³/mol. The third kappa shape index (κ3) is 5.85. The number of sulfonamides is 1. The molecule has 0 aliphatic rings. The van der Waals surface area contributed by atoms with Crippen molar-refractivity contribution in [1.29, 1.82) is 0 Å². The van der Waals surface area contributed by atoms with Gasteiger partial charge in [0, 0.05) is 5.02 Å². The zero-order valence-electron chi connectivity index (χ0n) is 16.0. The first-order valence-electron chi connectivity index (χ1n) is 8.57. The molecule has 0 radical (unpaired) electrons. The molecular formula is C19H20Cl2N2O5S. The van der Waals surface area contributed by atoms with Crippen LogP contribution in [0.3, 0.4) is 0 Å². The number of nitrogens with zero attached hydrogens (tertiary/aromatic N) is 1. The van der Waals surface area contributed by atoms with Crippen LogP contribution < -0.4 is 9.62 Å². The molecule has 0 spiro atoms. The van der Waals surface area contributed by atoms with Gasteiger partial charge in [0.15, 0.2) is 0 Å². The second-order valence-corrected chi connectivity index (χ2v) is 8.82. The molecule has 2 rings (SSSR count). The quantitative estimate of drug-likeness (QED) is 0.633. The third-order valence-corrected chi connectivity index (χ3v) is 5.68. The molecule has 2 aromatic rings. The van der Waals surface area contributed by atoms with Crippen molar-refractivity contribution in [2.24, 2.45) is 0 Å². The number of anilines is 2. The number of halogens is 2. The molecular weight excluding hydrogens is 439 g/mol. The molecule has 0 bridgehead atoms. The monoisotopic (exact) mass is 458 g/mol. The summed E-state index contributed by atoms with van der Waals surface area (Å²) in [6, 6.07) is 9.35. The van der Waals surface area contributed by atoms with E-state index in [1.807, 2.05) is 0 Å². The summed E-state index contributed by atoms with van der Waals surface area (Å²) in [7, 11) is -3.79.